The Morgan fingerprint density at radius 1 is 1.02 bits per heavy atom. The molecule has 0 spiro atoms. The highest BCUT2D eigenvalue weighted by Gasteiger charge is 2.32. The molecule has 11 nitrogen and oxygen atoms in total. The number of sulfonamides is 1. The van der Waals surface area contributed by atoms with Crippen molar-refractivity contribution in [3.8, 4) is 5.75 Å². The molecule has 1 aliphatic heterocycles. The maximum atomic E-state index is 14.5. The predicted molar refractivity (Wildman–Crippen MR) is 200 cm³/mol. The number of anilines is 2. The van der Waals surface area contributed by atoms with E-state index in [4.69, 9.17) is 9.47 Å². The van der Waals surface area contributed by atoms with Gasteiger partial charge in [0, 0.05) is 43.7 Å². The van der Waals surface area contributed by atoms with Crippen molar-refractivity contribution < 1.29 is 37.0 Å². The lowest BCUT2D eigenvalue weighted by Crippen LogP contribution is -2.48. The molecule has 0 fully saturated rings. The fourth-order valence-corrected chi connectivity index (χ4v) is 7.40. The van der Waals surface area contributed by atoms with Gasteiger partial charge >= 0.3 is 6.03 Å². The number of ether oxygens (including phenoxy) is 2. The third kappa shape index (κ3) is 9.45. The van der Waals surface area contributed by atoms with Gasteiger partial charge in [-0.15, -0.1) is 0 Å². The van der Waals surface area contributed by atoms with Crippen molar-refractivity contribution in [3.63, 3.8) is 0 Å². The van der Waals surface area contributed by atoms with E-state index in [1.165, 1.54) is 28.4 Å². The lowest BCUT2D eigenvalue weighted by Gasteiger charge is -2.35. The smallest absolute Gasteiger partial charge is 0.323 e. The summed E-state index contributed by atoms with van der Waals surface area (Å²) < 4.78 is 54.1. The molecule has 0 saturated heterocycles. The van der Waals surface area contributed by atoms with Crippen LogP contribution in [0.3, 0.4) is 0 Å². The molecule has 278 valence electrons. The number of urea groups is 1. The maximum absolute atomic E-state index is 14.5. The number of halogens is 1. The zero-order valence-corrected chi connectivity index (χ0v) is 30.7. The third-order valence-electron chi connectivity index (χ3n) is 9.31. The largest absolute Gasteiger partial charge is 0.490 e. The van der Waals surface area contributed by atoms with Crippen molar-refractivity contribution in [2.45, 2.75) is 63.2 Å². The summed E-state index contributed by atoms with van der Waals surface area (Å²) in [7, 11) is -2.52. The van der Waals surface area contributed by atoms with E-state index in [2.05, 4.69) is 10.6 Å². The Morgan fingerprint density at radius 2 is 1.75 bits per heavy atom. The number of hydrogen-bond donors (Lipinski definition) is 3. The molecule has 1 aliphatic rings. The lowest BCUT2D eigenvalue weighted by atomic mass is 10.0. The number of aliphatic hydroxyl groups excluding tert-OH is 1. The zero-order chi connectivity index (χ0) is 37.4. The van der Waals surface area contributed by atoms with Crippen molar-refractivity contribution in [3.05, 3.63) is 96.3 Å². The molecular weight excluding hydrogens is 688 g/mol. The van der Waals surface area contributed by atoms with Crippen LogP contribution in [0.5, 0.6) is 5.75 Å². The fraction of sp³-hybridized carbons (Fsp3) is 0.385. The van der Waals surface area contributed by atoms with Crippen LogP contribution >= 0.6 is 0 Å². The first-order valence-corrected chi connectivity index (χ1v) is 18.9. The van der Waals surface area contributed by atoms with E-state index in [0.717, 1.165) is 29.3 Å². The molecule has 0 radical (unpaired) electrons. The van der Waals surface area contributed by atoms with Gasteiger partial charge in [-0.05, 0) is 87.0 Å². The van der Waals surface area contributed by atoms with Crippen LogP contribution in [0.1, 0.15) is 50.4 Å². The Morgan fingerprint density at radius 3 is 2.50 bits per heavy atom. The number of amides is 3. The second kappa shape index (κ2) is 17.3. The standard InChI is InChI=1S/C39H47FN4O7S/c1-26-23-44(27(2)25-45)38(46)34-22-31(41-39(47)42-35-14-9-12-29-11-5-6-13-33(29)35)17-20-36(34)51-28(3)10-7-8-21-50-37(26)24-43(4)52(48,49)32-18-15-30(40)16-19-32/h5-6,9,11-20,22,26-28,37,45H,7-8,10,21,23-25H2,1-4H3,(H2,41,42,47)/t26-,27+,28-,37+/m0/s1. The van der Waals surface area contributed by atoms with Crippen molar-refractivity contribution in [1.82, 2.24) is 9.21 Å². The molecule has 1 heterocycles. The highest BCUT2D eigenvalue weighted by molar-refractivity contribution is 7.89. The molecule has 0 unspecified atom stereocenters. The zero-order valence-electron chi connectivity index (χ0n) is 29.9. The van der Waals surface area contributed by atoms with Gasteiger partial charge in [0.05, 0.1) is 41.0 Å². The van der Waals surface area contributed by atoms with Gasteiger partial charge in [-0.1, -0.05) is 43.3 Å². The molecule has 3 amide bonds. The minimum absolute atomic E-state index is 0.0214. The molecule has 4 aromatic rings. The lowest BCUT2D eigenvalue weighted by molar-refractivity contribution is -0.00834. The minimum Gasteiger partial charge on any atom is -0.490 e. The van der Waals surface area contributed by atoms with Crippen LogP contribution < -0.4 is 15.4 Å². The number of hydrogen-bond acceptors (Lipinski definition) is 7. The van der Waals surface area contributed by atoms with Crippen molar-refractivity contribution in [2.75, 3.05) is 44.0 Å². The Kier molecular flexibility index (Phi) is 12.9. The summed E-state index contributed by atoms with van der Waals surface area (Å²) >= 11 is 0. The first-order valence-electron chi connectivity index (χ1n) is 17.5. The van der Waals surface area contributed by atoms with Crippen LogP contribution in [-0.2, 0) is 14.8 Å². The highest BCUT2D eigenvalue weighted by Crippen LogP contribution is 2.30. The monoisotopic (exact) mass is 734 g/mol. The molecule has 13 heteroatoms. The first-order chi connectivity index (χ1) is 24.9. The molecule has 0 aliphatic carbocycles. The number of benzene rings is 4. The Labute approximate surface area is 304 Å². The Bertz CT molecular complexity index is 1950. The second-order valence-corrected chi connectivity index (χ2v) is 15.4. The summed E-state index contributed by atoms with van der Waals surface area (Å²) in [6.07, 6.45) is 1.25. The van der Waals surface area contributed by atoms with Crippen LogP contribution in [0, 0.1) is 11.7 Å². The van der Waals surface area contributed by atoms with E-state index in [0.29, 0.717) is 36.6 Å². The summed E-state index contributed by atoms with van der Waals surface area (Å²) in [5, 5.41) is 17.9. The summed E-state index contributed by atoms with van der Waals surface area (Å²) in [5.74, 6) is -1.02. The first kappa shape index (κ1) is 38.7. The second-order valence-electron chi connectivity index (χ2n) is 13.4. The molecule has 0 aromatic heterocycles. The molecule has 3 N–H and O–H groups in total. The van der Waals surface area contributed by atoms with Crippen LogP contribution in [-0.4, -0.2) is 86.3 Å². The SMILES string of the molecule is C[C@H](CO)N1C[C@H](C)[C@@H](CN(C)S(=O)(=O)c2ccc(F)cc2)OCCCC[C@H](C)Oc2ccc(NC(=O)Nc3cccc4ccccc34)cc2C1=O. The molecule has 4 atom stereocenters. The maximum Gasteiger partial charge on any atom is 0.323 e. The Balaban J connectivity index is 1.41. The van der Waals surface area contributed by atoms with Gasteiger partial charge in [-0.3, -0.25) is 4.79 Å². The van der Waals surface area contributed by atoms with E-state index in [-0.39, 0.29) is 42.2 Å². The number of fused-ring (bicyclic) bond motifs is 2. The molecule has 5 rings (SSSR count). The number of nitrogens with one attached hydrogen (secondary N) is 2. The van der Waals surface area contributed by atoms with Crippen LogP contribution in [0.4, 0.5) is 20.6 Å². The highest BCUT2D eigenvalue weighted by atomic mass is 32.2. The Hall–Kier alpha value is -4.56. The van der Waals surface area contributed by atoms with Gasteiger partial charge in [0.1, 0.15) is 11.6 Å². The molecule has 4 aromatic carbocycles. The quantitative estimate of drug-likeness (QED) is 0.182. The summed E-state index contributed by atoms with van der Waals surface area (Å²) in [4.78, 5) is 29.1. The molecule has 0 bridgehead atoms. The minimum atomic E-state index is -3.97. The molecular formula is C39H47FN4O7S. The van der Waals surface area contributed by atoms with Crippen LogP contribution in [0.25, 0.3) is 10.8 Å². The number of likely N-dealkylation sites (N-methyl/N-ethyl adjacent to an activating group) is 1. The van der Waals surface area contributed by atoms with Crippen molar-refractivity contribution >= 4 is 44.1 Å². The normalized spacial score (nSPS) is 19.7. The number of rotatable bonds is 8. The van der Waals surface area contributed by atoms with Gasteiger partial charge in [-0.25, -0.2) is 17.6 Å². The summed E-state index contributed by atoms with van der Waals surface area (Å²) in [6.45, 7) is 5.63. The summed E-state index contributed by atoms with van der Waals surface area (Å²) in [6, 6.07) is 21.8. The number of aliphatic hydroxyl groups is 1. The number of carbonyl (C=O) groups excluding carboxylic acids is 2. The van der Waals surface area contributed by atoms with Crippen molar-refractivity contribution in [1.29, 1.82) is 0 Å². The van der Waals surface area contributed by atoms with E-state index in [1.54, 1.807) is 25.1 Å². The third-order valence-corrected chi connectivity index (χ3v) is 11.1. The topological polar surface area (TPSA) is 138 Å². The van der Waals surface area contributed by atoms with Gasteiger partial charge in [0.2, 0.25) is 10.0 Å². The average Bonchev–Trinajstić information content (AvgIpc) is 3.13. The van der Waals surface area contributed by atoms with Gasteiger partial charge in [0.25, 0.3) is 5.91 Å². The average molecular weight is 735 g/mol. The van der Waals surface area contributed by atoms with Crippen LogP contribution in [0.15, 0.2) is 89.8 Å². The van der Waals surface area contributed by atoms with Gasteiger partial charge in [-0.2, -0.15) is 4.31 Å². The summed E-state index contributed by atoms with van der Waals surface area (Å²) in [5.41, 5.74) is 1.19. The van der Waals surface area contributed by atoms with Crippen molar-refractivity contribution in [2.24, 2.45) is 5.92 Å². The van der Waals surface area contributed by atoms with Gasteiger partial charge in [0.15, 0.2) is 0 Å². The molecule has 0 saturated carbocycles. The predicted octanol–water partition coefficient (Wildman–Crippen LogP) is 6.74. The number of carbonyl (C=O) groups is 2. The fourth-order valence-electron chi connectivity index (χ4n) is 6.22. The van der Waals surface area contributed by atoms with E-state index in [1.807, 2.05) is 56.3 Å². The van der Waals surface area contributed by atoms with Crippen LogP contribution in [0.2, 0.25) is 0 Å². The van der Waals surface area contributed by atoms with E-state index in [9.17, 15) is 27.5 Å². The van der Waals surface area contributed by atoms with E-state index >= 15 is 0 Å². The number of nitrogens with zero attached hydrogens (tertiary/aromatic N) is 2. The molecule has 52 heavy (non-hydrogen) atoms. The van der Waals surface area contributed by atoms with E-state index < -0.39 is 39.9 Å². The van der Waals surface area contributed by atoms with Gasteiger partial charge < -0.3 is 30.1 Å².